The van der Waals surface area contributed by atoms with Gasteiger partial charge in [0.1, 0.15) is 0 Å². The second-order valence-corrected chi connectivity index (χ2v) is 7.52. The molecule has 6 heteroatoms. The summed E-state index contributed by atoms with van der Waals surface area (Å²) in [7, 11) is 0. The zero-order chi connectivity index (χ0) is 17.4. The van der Waals surface area contributed by atoms with E-state index in [4.69, 9.17) is 4.98 Å². The first-order valence-electron chi connectivity index (χ1n) is 8.90. The van der Waals surface area contributed by atoms with Gasteiger partial charge in [-0.25, -0.2) is 9.67 Å². The van der Waals surface area contributed by atoms with Crippen LogP contribution in [0.25, 0.3) is 21.6 Å². The molecule has 4 heterocycles. The molecule has 3 aromatic heterocycles. The van der Waals surface area contributed by atoms with Crippen molar-refractivity contribution in [1.82, 2.24) is 19.7 Å². The fraction of sp³-hybridized carbons (Fsp3) is 0.421. The van der Waals surface area contributed by atoms with Crippen LogP contribution >= 0.6 is 11.3 Å². The van der Waals surface area contributed by atoms with E-state index in [1.165, 1.54) is 6.42 Å². The highest BCUT2D eigenvalue weighted by atomic mass is 32.1. The van der Waals surface area contributed by atoms with Gasteiger partial charge in [0.25, 0.3) is 5.91 Å². The van der Waals surface area contributed by atoms with Crippen molar-refractivity contribution in [2.24, 2.45) is 0 Å². The maximum atomic E-state index is 13.3. The molecular weight excluding hydrogens is 332 g/mol. The Bertz CT molecular complexity index is 900. The van der Waals surface area contributed by atoms with Crippen LogP contribution in [0.5, 0.6) is 0 Å². The number of likely N-dealkylation sites (tertiary alicyclic amines) is 1. The van der Waals surface area contributed by atoms with E-state index in [0.717, 1.165) is 53.1 Å². The van der Waals surface area contributed by atoms with Crippen LogP contribution in [-0.2, 0) is 6.54 Å². The third kappa shape index (κ3) is 2.84. The minimum atomic E-state index is 0.105. The normalized spacial score (nSPS) is 18.0. The lowest BCUT2D eigenvalue weighted by Crippen LogP contribution is -2.42. The van der Waals surface area contributed by atoms with E-state index in [1.807, 2.05) is 40.1 Å². The number of rotatable bonds is 3. The minimum absolute atomic E-state index is 0.105. The molecule has 0 N–H and O–H groups in total. The van der Waals surface area contributed by atoms with Gasteiger partial charge in [0.2, 0.25) is 0 Å². The lowest BCUT2D eigenvalue weighted by molar-refractivity contribution is 0.0637. The number of hydrogen-bond donors (Lipinski definition) is 0. The van der Waals surface area contributed by atoms with Crippen LogP contribution in [0.1, 0.15) is 43.5 Å². The molecule has 4 rings (SSSR count). The summed E-state index contributed by atoms with van der Waals surface area (Å²) in [4.78, 5) is 21.2. The lowest BCUT2D eigenvalue weighted by atomic mass is 10.0. The van der Waals surface area contributed by atoms with Gasteiger partial charge in [0, 0.05) is 19.1 Å². The summed E-state index contributed by atoms with van der Waals surface area (Å²) in [5.74, 6) is 0.105. The van der Waals surface area contributed by atoms with Crippen LogP contribution in [-0.4, -0.2) is 38.2 Å². The summed E-state index contributed by atoms with van der Waals surface area (Å²) in [5.41, 5.74) is 2.37. The van der Waals surface area contributed by atoms with Gasteiger partial charge in [-0.05, 0) is 50.6 Å². The van der Waals surface area contributed by atoms with Crippen molar-refractivity contribution in [2.75, 3.05) is 6.54 Å². The highest BCUT2D eigenvalue weighted by Crippen LogP contribution is 2.30. The van der Waals surface area contributed by atoms with Gasteiger partial charge in [-0.3, -0.25) is 4.79 Å². The second kappa shape index (κ2) is 6.59. The third-order valence-electron chi connectivity index (χ3n) is 4.98. The first-order chi connectivity index (χ1) is 12.2. The molecule has 5 nitrogen and oxygen atoms in total. The Morgan fingerprint density at radius 2 is 2.28 bits per heavy atom. The predicted molar refractivity (Wildman–Crippen MR) is 101 cm³/mol. The predicted octanol–water partition coefficient (Wildman–Crippen LogP) is 4.19. The molecule has 0 saturated carbocycles. The average molecular weight is 354 g/mol. The quantitative estimate of drug-likeness (QED) is 0.708. The van der Waals surface area contributed by atoms with Gasteiger partial charge < -0.3 is 4.90 Å². The molecule has 1 saturated heterocycles. The highest BCUT2D eigenvalue weighted by molar-refractivity contribution is 7.13. The lowest BCUT2D eigenvalue weighted by Gasteiger charge is -2.33. The molecule has 0 bridgehead atoms. The minimum Gasteiger partial charge on any atom is -0.336 e. The van der Waals surface area contributed by atoms with Crippen molar-refractivity contribution >= 4 is 28.3 Å². The monoisotopic (exact) mass is 354 g/mol. The largest absolute Gasteiger partial charge is 0.336 e. The molecule has 1 aliphatic rings. The summed E-state index contributed by atoms with van der Waals surface area (Å²) < 4.78 is 1.86. The number of carbonyl (C=O) groups excluding carboxylic acids is 1. The molecule has 1 aliphatic heterocycles. The van der Waals surface area contributed by atoms with Gasteiger partial charge in [0.15, 0.2) is 5.65 Å². The van der Waals surface area contributed by atoms with Gasteiger partial charge >= 0.3 is 0 Å². The Hall–Kier alpha value is -2.21. The van der Waals surface area contributed by atoms with Crippen LogP contribution in [0, 0.1) is 0 Å². The van der Waals surface area contributed by atoms with E-state index >= 15 is 0 Å². The van der Waals surface area contributed by atoms with Crippen molar-refractivity contribution in [1.29, 1.82) is 0 Å². The summed E-state index contributed by atoms with van der Waals surface area (Å²) in [6, 6.07) is 6.29. The zero-order valence-electron chi connectivity index (χ0n) is 14.6. The van der Waals surface area contributed by atoms with Crippen molar-refractivity contribution in [3.05, 3.63) is 35.3 Å². The number of nitrogens with zero attached hydrogens (tertiary/aromatic N) is 4. The number of fused-ring (bicyclic) bond motifs is 1. The molecule has 1 fully saturated rings. The molecule has 0 aromatic carbocycles. The van der Waals surface area contributed by atoms with Gasteiger partial charge in [-0.15, -0.1) is 11.3 Å². The van der Waals surface area contributed by atoms with Crippen LogP contribution in [0.2, 0.25) is 0 Å². The number of amides is 1. The van der Waals surface area contributed by atoms with E-state index < -0.39 is 0 Å². The summed E-state index contributed by atoms with van der Waals surface area (Å²) in [6.07, 6.45) is 5.14. The molecule has 1 unspecified atom stereocenters. The number of piperidine rings is 1. The standard InChI is InChI=1S/C19H22N4OS/c1-3-23-18-15(12-20-23)14(11-16(21-18)17-8-6-10-25-17)19(24)22-9-5-4-7-13(22)2/h6,8,10-13H,3-5,7,9H2,1-2H3. The number of carbonyl (C=O) groups is 1. The third-order valence-corrected chi connectivity index (χ3v) is 5.87. The molecular formula is C19H22N4OS. The molecule has 3 aromatic rings. The van der Waals surface area contributed by atoms with E-state index in [2.05, 4.69) is 12.0 Å². The summed E-state index contributed by atoms with van der Waals surface area (Å²) in [6.45, 7) is 5.75. The Balaban J connectivity index is 1.86. The number of aryl methyl sites for hydroxylation is 1. The first kappa shape index (κ1) is 16.3. The van der Waals surface area contributed by atoms with Crippen LogP contribution < -0.4 is 0 Å². The molecule has 1 amide bonds. The Morgan fingerprint density at radius 3 is 3.00 bits per heavy atom. The number of hydrogen-bond acceptors (Lipinski definition) is 4. The molecule has 0 aliphatic carbocycles. The van der Waals surface area contributed by atoms with Crippen LogP contribution in [0.3, 0.4) is 0 Å². The van der Waals surface area contributed by atoms with E-state index in [9.17, 15) is 4.79 Å². The fourth-order valence-corrected chi connectivity index (χ4v) is 4.25. The first-order valence-corrected chi connectivity index (χ1v) is 9.78. The zero-order valence-corrected chi connectivity index (χ0v) is 15.4. The highest BCUT2D eigenvalue weighted by Gasteiger charge is 2.27. The smallest absolute Gasteiger partial charge is 0.254 e. The van der Waals surface area contributed by atoms with Crippen molar-refractivity contribution in [2.45, 2.75) is 45.7 Å². The van der Waals surface area contributed by atoms with Gasteiger partial charge in [-0.1, -0.05) is 6.07 Å². The van der Waals surface area contributed by atoms with E-state index in [1.54, 1.807) is 17.5 Å². The van der Waals surface area contributed by atoms with E-state index in [-0.39, 0.29) is 11.9 Å². The molecule has 130 valence electrons. The Kier molecular flexibility index (Phi) is 4.29. The van der Waals surface area contributed by atoms with Crippen LogP contribution in [0.15, 0.2) is 29.8 Å². The van der Waals surface area contributed by atoms with Crippen molar-refractivity contribution in [3.8, 4) is 10.6 Å². The van der Waals surface area contributed by atoms with Crippen molar-refractivity contribution in [3.63, 3.8) is 0 Å². The maximum Gasteiger partial charge on any atom is 0.254 e. The second-order valence-electron chi connectivity index (χ2n) is 6.57. The van der Waals surface area contributed by atoms with Crippen LogP contribution in [0.4, 0.5) is 0 Å². The molecule has 1 atom stereocenters. The fourth-order valence-electron chi connectivity index (χ4n) is 3.56. The molecule has 0 spiro atoms. The Morgan fingerprint density at radius 1 is 1.40 bits per heavy atom. The average Bonchev–Trinajstić information content (AvgIpc) is 3.30. The molecule has 25 heavy (non-hydrogen) atoms. The number of aromatic nitrogens is 3. The SMILES string of the molecule is CCn1ncc2c(C(=O)N3CCCCC3C)cc(-c3cccs3)nc21. The number of pyridine rings is 1. The Labute approximate surface area is 151 Å². The summed E-state index contributed by atoms with van der Waals surface area (Å²) in [5, 5.41) is 7.32. The number of thiophene rings is 1. The maximum absolute atomic E-state index is 13.3. The summed E-state index contributed by atoms with van der Waals surface area (Å²) >= 11 is 1.64. The van der Waals surface area contributed by atoms with E-state index in [0.29, 0.717) is 0 Å². The van der Waals surface area contributed by atoms with Crippen molar-refractivity contribution < 1.29 is 4.79 Å². The topological polar surface area (TPSA) is 51.0 Å². The molecule has 0 radical (unpaired) electrons. The van der Waals surface area contributed by atoms with Gasteiger partial charge in [-0.2, -0.15) is 5.10 Å². The van der Waals surface area contributed by atoms with Gasteiger partial charge in [0.05, 0.1) is 27.7 Å².